The van der Waals surface area contributed by atoms with E-state index in [1.54, 1.807) is 6.07 Å². The molecule has 1 unspecified atom stereocenters. The van der Waals surface area contributed by atoms with Gasteiger partial charge in [0.1, 0.15) is 0 Å². The van der Waals surface area contributed by atoms with Gasteiger partial charge in [0.15, 0.2) is 0 Å². The summed E-state index contributed by atoms with van der Waals surface area (Å²) >= 11 is 0. The Morgan fingerprint density at radius 1 is 1.15 bits per heavy atom. The lowest BCUT2D eigenvalue weighted by molar-refractivity contribution is -0.138. The third kappa shape index (κ3) is 3.99. The Kier molecular flexibility index (Phi) is 4.93. The molecule has 148 valence electrons. The molecule has 2 aliphatic heterocycles. The predicted molar refractivity (Wildman–Crippen MR) is 95.9 cm³/mol. The number of halogens is 3. The maximum Gasteiger partial charge on any atom is 0.416 e. The fourth-order valence-corrected chi connectivity index (χ4v) is 4.63. The van der Waals surface area contributed by atoms with E-state index in [1.807, 2.05) is 4.90 Å². The first-order chi connectivity index (χ1) is 12.9. The smallest absolute Gasteiger partial charge is 0.340 e. The number of carbonyl (C=O) groups is 1. The molecule has 1 aromatic carbocycles. The molecule has 1 aliphatic carbocycles. The van der Waals surface area contributed by atoms with Crippen molar-refractivity contribution >= 4 is 5.91 Å². The summed E-state index contributed by atoms with van der Waals surface area (Å²) in [5, 5.41) is 3.36. The third-order valence-electron chi connectivity index (χ3n) is 6.43. The van der Waals surface area contributed by atoms with E-state index in [1.165, 1.54) is 12.1 Å². The highest BCUT2D eigenvalue weighted by atomic mass is 19.4. The van der Waals surface area contributed by atoms with E-state index in [9.17, 15) is 18.0 Å². The topological polar surface area (TPSA) is 35.6 Å². The van der Waals surface area contributed by atoms with E-state index in [0.717, 1.165) is 38.4 Å². The molecule has 7 heteroatoms. The van der Waals surface area contributed by atoms with E-state index in [-0.39, 0.29) is 17.2 Å². The molecule has 4 rings (SSSR count). The van der Waals surface area contributed by atoms with Gasteiger partial charge in [0.25, 0.3) is 0 Å². The molecule has 0 aromatic heterocycles. The van der Waals surface area contributed by atoms with Crippen molar-refractivity contribution < 1.29 is 18.0 Å². The van der Waals surface area contributed by atoms with Crippen LogP contribution >= 0.6 is 0 Å². The maximum absolute atomic E-state index is 12.9. The molecule has 0 bridgehead atoms. The van der Waals surface area contributed by atoms with Gasteiger partial charge in [0, 0.05) is 38.6 Å². The van der Waals surface area contributed by atoms with Crippen LogP contribution in [0.15, 0.2) is 24.3 Å². The van der Waals surface area contributed by atoms with Crippen molar-refractivity contribution in [3.05, 3.63) is 35.4 Å². The summed E-state index contributed by atoms with van der Waals surface area (Å²) in [6.07, 6.45) is -1.09. The van der Waals surface area contributed by atoms with Gasteiger partial charge in [-0.1, -0.05) is 18.2 Å². The largest absolute Gasteiger partial charge is 0.416 e. The molecule has 2 heterocycles. The number of carbonyl (C=O) groups excluding carboxylic acids is 1. The van der Waals surface area contributed by atoms with Gasteiger partial charge in [-0.3, -0.25) is 9.69 Å². The molecule has 1 spiro atoms. The Balaban J connectivity index is 1.29. The van der Waals surface area contributed by atoms with Gasteiger partial charge < -0.3 is 10.2 Å². The van der Waals surface area contributed by atoms with Gasteiger partial charge in [-0.15, -0.1) is 0 Å². The van der Waals surface area contributed by atoms with Crippen LogP contribution in [0.5, 0.6) is 0 Å². The first kappa shape index (κ1) is 18.7. The van der Waals surface area contributed by atoms with Crippen molar-refractivity contribution in [2.24, 2.45) is 11.3 Å². The normalized spacial score (nSPS) is 25.6. The van der Waals surface area contributed by atoms with Crippen molar-refractivity contribution in [2.75, 3.05) is 39.3 Å². The van der Waals surface area contributed by atoms with Crippen molar-refractivity contribution in [2.45, 2.75) is 32.0 Å². The highest BCUT2D eigenvalue weighted by Crippen LogP contribution is 2.59. The average Bonchev–Trinajstić information content (AvgIpc) is 3.34. The van der Waals surface area contributed by atoms with E-state index in [2.05, 4.69) is 10.2 Å². The van der Waals surface area contributed by atoms with Crippen LogP contribution < -0.4 is 5.32 Å². The lowest BCUT2D eigenvalue weighted by Gasteiger charge is -2.35. The van der Waals surface area contributed by atoms with Crippen LogP contribution in [0, 0.1) is 11.3 Å². The average molecular weight is 381 g/mol. The number of alkyl halides is 3. The number of nitrogens with zero attached hydrogens (tertiary/aromatic N) is 2. The van der Waals surface area contributed by atoms with Crippen molar-refractivity contribution in [3.63, 3.8) is 0 Å². The lowest BCUT2D eigenvalue weighted by atomic mass is 9.91. The number of nitrogens with one attached hydrogen (secondary N) is 1. The second-order valence-electron chi connectivity index (χ2n) is 8.17. The second-order valence-corrected chi connectivity index (χ2v) is 8.17. The summed E-state index contributed by atoms with van der Waals surface area (Å²) in [7, 11) is 0. The SMILES string of the molecule is O=C(C1CC12CCNCC2)N1CCN(Cc2cccc(C(F)(F)F)c2)CC1. The van der Waals surface area contributed by atoms with Gasteiger partial charge in [-0.25, -0.2) is 0 Å². The first-order valence-corrected chi connectivity index (χ1v) is 9.75. The molecule has 4 nitrogen and oxygen atoms in total. The number of hydrogen-bond donors (Lipinski definition) is 1. The molecule has 3 aliphatic rings. The molecule has 1 aromatic rings. The van der Waals surface area contributed by atoms with Gasteiger partial charge >= 0.3 is 6.18 Å². The van der Waals surface area contributed by atoms with Crippen LogP contribution in [-0.4, -0.2) is 55.0 Å². The zero-order chi connectivity index (χ0) is 19.1. The van der Waals surface area contributed by atoms with Gasteiger partial charge in [0.2, 0.25) is 5.91 Å². The summed E-state index contributed by atoms with van der Waals surface area (Å²) in [6, 6.07) is 5.52. The van der Waals surface area contributed by atoms with E-state index >= 15 is 0 Å². The Hall–Kier alpha value is -1.60. The number of piperidine rings is 1. The van der Waals surface area contributed by atoms with Crippen molar-refractivity contribution in [1.29, 1.82) is 0 Å². The van der Waals surface area contributed by atoms with Crippen LogP contribution in [0.4, 0.5) is 13.2 Å². The Bertz CT molecular complexity index is 692. The Morgan fingerprint density at radius 2 is 1.85 bits per heavy atom. The predicted octanol–water partition coefficient (Wildman–Crippen LogP) is 2.74. The van der Waals surface area contributed by atoms with Crippen LogP contribution in [0.1, 0.15) is 30.4 Å². The summed E-state index contributed by atoms with van der Waals surface area (Å²) in [4.78, 5) is 16.9. The molecule has 1 atom stereocenters. The molecule has 1 amide bonds. The van der Waals surface area contributed by atoms with Gasteiger partial charge in [-0.05, 0) is 49.4 Å². The molecule has 3 fully saturated rings. The minimum absolute atomic E-state index is 0.189. The van der Waals surface area contributed by atoms with E-state index in [4.69, 9.17) is 0 Å². The Labute approximate surface area is 157 Å². The minimum atomic E-state index is -4.31. The maximum atomic E-state index is 12.9. The van der Waals surface area contributed by atoms with Crippen LogP contribution in [0.2, 0.25) is 0 Å². The number of rotatable bonds is 3. The van der Waals surface area contributed by atoms with Crippen LogP contribution in [0.3, 0.4) is 0 Å². The number of piperazine rings is 1. The monoisotopic (exact) mass is 381 g/mol. The molecular weight excluding hydrogens is 355 g/mol. The minimum Gasteiger partial charge on any atom is -0.340 e. The van der Waals surface area contributed by atoms with Gasteiger partial charge in [-0.2, -0.15) is 13.2 Å². The Morgan fingerprint density at radius 3 is 2.52 bits per heavy atom. The summed E-state index contributed by atoms with van der Waals surface area (Å²) in [5.41, 5.74) is 0.313. The third-order valence-corrected chi connectivity index (χ3v) is 6.43. The number of amides is 1. The van der Waals surface area contributed by atoms with Crippen LogP contribution in [0.25, 0.3) is 0 Å². The van der Waals surface area contributed by atoms with Crippen molar-refractivity contribution in [1.82, 2.24) is 15.1 Å². The quantitative estimate of drug-likeness (QED) is 0.875. The highest BCUT2D eigenvalue weighted by molar-refractivity contribution is 5.83. The second kappa shape index (κ2) is 7.09. The standard InChI is InChI=1S/C20H26F3N3O/c21-20(22,23)16-3-1-2-15(12-16)14-25-8-10-26(11-9-25)18(27)17-13-19(17)4-6-24-7-5-19/h1-3,12,17,24H,4-11,13-14H2. The van der Waals surface area contributed by atoms with E-state index in [0.29, 0.717) is 38.3 Å². The molecule has 2 saturated heterocycles. The highest BCUT2D eigenvalue weighted by Gasteiger charge is 2.58. The van der Waals surface area contributed by atoms with Crippen molar-refractivity contribution in [3.8, 4) is 0 Å². The van der Waals surface area contributed by atoms with E-state index < -0.39 is 11.7 Å². The fourth-order valence-electron chi connectivity index (χ4n) is 4.63. The molecule has 1 saturated carbocycles. The van der Waals surface area contributed by atoms with Gasteiger partial charge in [0.05, 0.1) is 5.56 Å². The molecule has 0 radical (unpaired) electrons. The first-order valence-electron chi connectivity index (χ1n) is 9.75. The molecule has 1 N–H and O–H groups in total. The zero-order valence-corrected chi connectivity index (χ0v) is 15.4. The molecule has 27 heavy (non-hydrogen) atoms. The van der Waals surface area contributed by atoms with Crippen LogP contribution in [-0.2, 0) is 17.5 Å². The number of benzene rings is 1. The summed E-state index contributed by atoms with van der Waals surface area (Å²) in [6.45, 7) is 5.27. The number of hydrogen-bond acceptors (Lipinski definition) is 3. The lowest BCUT2D eigenvalue weighted by Crippen LogP contribution is -2.49. The summed E-state index contributed by atoms with van der Waals surface area (Å²) in [5.74, 6) is 0.477. The zero-order valence-electron chi connectivity index (χ0n) is 15.4. The molecular formula is C20H26F3N3O. The fraction of sp³-hybridized carbons (Fsp3) is 0.650. The summed E-state index contributed by atoms with van der Waals surface area (Å²) < 4.78 is 38.6.